The zero-order chi connectivity index (χ0) is 57.1. The molecule has 27 nitrogen and oxygen atoms in total. The fourth-order valence-corrected chi connectivity index (χ4v) is 9.24. The molecule has 7 N–H and O–H groups in total. The molecule has 17 atom stereocenters. The highest BCUT2D eigenvalue weighted by molar-refractivity contribution is 6.83. The molecule has 7 rings (SSSR count). The highest BCUT2D eigenvalue weighted by Gasteiger charge is 2.51. The van der Waals surface area contributed by atoms with Crippen LogP contribution in [0.25, 0.3) is 5.69 Å². The van der Waals surface area contributed by atoms with Gasteiger partial charge in [0.1, 0.15) is 69.6 Å². The quantitative estimate of drug-likeness (QED) is 0.0501. The molecule has 5 fully saturated rings. The van der Waals surface area contributed by atoms with Crippen LogP contribution < -0.4 is 5.32 Å². The van der Waals surface area contributed by atoms with E-state index in [4.69, 9.17) is 66.3 Å². The number of aliphatic hydroxyl groups excluding tert-OH is 6. The SMILES string of the molecule is CO[C@@H]1OC(C(=O)NCc2ccc(-n3nncc3COC3CCCCO3)cc2)[C@@H](OC)[C@H](O)[C@@H]1O.CO[C@@H]1OC(C(=O)OCC#C[Si](C)(C)C)[C@@H](OC)[C@H](O)[C@@H]1O.CO[C@@H]1OC(C(=O)OCC2CCCO2)[C@@H](OC)[C@H](O)[C@@H]1O. The summed E-state index contributed by atoms with van der Waals surface area (Å²) in [6.45, 7) is 8.24. The number of aromatic nitrogens is 3. The fourth-order valence-electron chi connectivity index (χ4n) is 8.64. The van der Waals surface area contributed by atoms with Crippen molar-refractivity contribution in [3.63, 3.8) is 0 Å². The summed E-state index contributed by atoms with van der Waals surface area (Å²) >= 11 is 0. The highest BCUT2D eigenvalue weighted by Crippen LogP contribution is 2.28. The molecule has 0 aliphatic carbocycles. The fraction of sp³-hybridized carbons (Fsp3) is 0.740. The van der Waals surface area contributed by atoms with E-state index in [1.165, 1.54) is 42.7 Å². The third-order valence-electron chi connectivity index (χ3n) is 12.9. The molecular formula is C50H78N4O23Si. The normalized spacial score (nSPS) is 32.9. The van der Waals surface area contributed by atoms with Gasteiger partial charge in [-0.15, -0.1) is 10.6 Å². The Bertz CT molecular complexity index is 2180. The second-order valence-corrected chi connectivity index (χ2v) is 24.3. The minimum Gasteiger partial charge on any atom is -0.461 e. The molecule has 1 aromatic heterocycles. The molecule has 0 spiro atoms. The average molecular weight is 1130 g/mol. The minimum atomic E-state index is -1.53. The van der Waals surface area contributed by atoms with Crippen LogP contribution in [0.15, 0.2) is 30.5 Å². The molecular weight excluding hydrogens is 1050 g/mol. The first-order valence-corrected chi connectivity index (χ1v) is 29.0. The molecule has 5 aliphatic heterocycles. The van der Waals surface area contributed by atoms with Gasteiger partial charge in [-0.1, -0.05) is 42.9 Å². The summed E-state index contributed by atoms with van der Waals surface area (Å²) in [5.74, 6) is 0.918. The van der Waals surface area contributed by atoms with Gasteiger partial charge in [-0.2, -0.15) is 0 Å². The van der Waals surface area contributed by atoms with Gasteiger partial charge in [-0.25, -0.2) is 14.3 Å². The molecule has 28 heteroatoms. The van der Waals surface area contributed by atoms with E-state index in [1.54, 1.807) is 10.9 Å². The van der Waals surface area contributed by atoms with Gasteiger partial charge in [-0.3, -0.25) is 4.79 Å². The molecule has 5 saturated heterocycles. The lowest BCUT2D eigenvalue weighted by Gasteiger charge is -2.40. The molecule has 1 amide bonds. The second kappa shape index (κ2) is 31.7. The Kier molecular flexibility index (Phi) is 26.3. The number of nitrogens with one attached hydrogen (secondary N) is 1. The number of hydrogen-bond donors (Lipinski definition) is 7. The van der Waals surface area contributed by atoms with Crippen LogP contribution in [0.4, 0.5) is 0 Å². The minimum absolute atomic E-state index is 0.0598. The summed E-state index contributed by atoms with van der Waals surface area (Å²) in [7, 11) is 6.36. The van der Waals surface area contributed by atoms with Gasteiger partial charge in [0.2, 0.25) is 0 Å². The zero-order valence-corrected chi connectivity index (χ0v) is 46.4. The molecule has 5 unspecified atom stereocenters. The standard InChI is InChI=1S/C23H32N4O8.C14H24O7Si.C13H22O8/c1-31-20-18(28)19(29)23(32-2)35-21(20)22(30)24-11-14-6-8-15(9-7-14)27-16(12-25-26-27)13-34-17-5-3-4-10-33-17;1-18-11-9(15)10(16)14(19-2)21-12(11)13(17)20-7-6-8-22(3,4)5;1-17-10-8(14)9(15)13(18-2)21-11(10)12(16)20-6-7-4-3-5-19-7/h6-9,12,17-21,23,28-29H,3-5,10-11,13H2,1-2H3,(H,24,30);9-12,14-16H,7H2,1-5H3;7-11,13-15H,3-6H2,1-2H3/t17?,18-,19+,20+,21?,23-;9-,10+,11+,12?,14-;7?,8-,9+,10+,11?,13-/m111/s1. The Morgan fingerprint density at radius 3 is 1.68 bits per heavy atom. The summed E-state index contributed by atoms with van der Waals surface area (Å²) in [6, 6.07) is 7.45. The molecule has 6 heterocycles. The van der Waals surface area contributed by atoms with E-state index in [-0.39, 0.29) is 32.2 Å². The molecule has 2 aromatic rings. The number of aliphatic hydroxyl groups is 6. The molecule has 5 aliphatic rings. The Hall–Kier alpha value is -4.17. The van der Waals surface area contributed by atoms with E-state index >= 15 is 0 Å². The van der Waals surface area contributed by atoms with Crippen LogP contribution >= 0.6 is 0 Å². The topological polar surface area (TPSA) is 345 Å². The number of methoxy groups -OCH3 is 6. The lowest BCUT2D eigenvalue weighted by Crippen LogP contribution is -2.62. The smallest absolute Gasteiger partial charge is 0.339 e. The second-order valence-electron chi connectivity index (χ2n) is 19.6. The third-order valence-corrected chi connectivity index (χ3v) is 13.8. The van der Waals surface area contributed by atoms with Crippen molar-refractivity contribution in [1.82, 2.24) is 20.3 Å². The predicted octanol–water partition coefficient (Wildman–Crippen LogP) is -1.63. The van der Waals surface area contributed by atoms with Crippen LogP contribution in [0, 0.1) is 11.5 Å². The van der Waals surface area contributed by atoms with Crippen LogP contribution in [0.1, 0.15) is 43.4 Å². The van der Waals surface area contributed by atoms with Gasteiger partial charge in [-0.05, 0) is 49.8 Å². The zero-order valence-electron chi connectivity index (χ0n) is 45.4. The van der Waals surface area contributed by atoms with Crippen LogP contribution in [0.5, 0.6) is 0 Å². The van der Waals surface area contributed by atoms with Crippen molar-refractivity contribution >= 4 is 25.9 Å². The number of carbonyl (C=O) groups is 3. The summed E-state index contributed by atoms with van der Waals surface area (Å²) < 4.78 is 75.0. The first-order chi connectivity index (χ1) is 37.3. The number of hydrogen-bond acceptors (Lipinski definition) is 25. The Balaban J connectivity index is 0.000000227. The van der Waals surface area contributed by atoms with Crippen LogP contribution in [0.3, 0.4) is 0 Å². The van der Waals surface area contributed by atoms with E-state index < -0.39 is 118 Å². The van der Waals surface area contributed by atoms with E-state index in [0.29, 0.717) is 19.8 Å². The van der Waals surface area contributed by atoms with Crippen molar-refractivity contribution in [1.29, 1.82) is 0 Å². The van der Waals surface area contributed by atoms with Gasteiger partial charge in [0.05, 0.1) is 30.3 Å². The lowest BCUT2D eigenvalue weighted by atomic mass is 9.98. The van der Waals surface area contributed by atoms with E-state index in [9.17, 15) is 45.0 Å². The summed E-state index contributed by atoms with van der Waals surface area (Å²) in [5.41, 5.74) is 5.51. The molecule has 0 saturated carbocycles. The highest BCUT2D eigenvalue weighted by atomic mass is 28.3. The van der Waals surface area contributed by atoms with Crippen molar-refractivity contribution in [2.24, 2.45) is 0 Å². The largest absolute Gasteiger partial charge is 0.461 e. The Morgan fingerprint density at radius 1 is 0.667 bits per heavy atom. The van der Waals surface area contributed by atoms with E-state index in [0.717, 1.165) is 49.0 Å². The molecule has 0 radical (unpaired) electrons. The van der Waals surface area contributed by atoms with Crippen LogP contribution in [-0.2, 0) is 93.9 Å². The van der Waals surface area contributed by atoms with Crippen molar-refractivity contribution in [2.45, 2.75) is 169 Å². The summed E-state index contributed by atoms with van der Waals surface area (Å²) in [5, 5.41) is 70.7. The molecule has 1 aromatic carbocycles. The molecule has 78 heavy (non-hydrogen) atoms. The van der Waals surface area contributed by atoms with Crippen LogP contribution in [0.2, 0.25) is 19.6 Å². The predicted molar refractivity (Wildman–Crippen MR) is 269 cm³/mol. The maximum absolute atomic E-state index is 12.7. The van der Waals surface area contributed by atoms with Gasteiger partial charge >= 0.3 is 11.9 Å². The number of nitrogens with zero attached hydrogens (tertiary/aromatic N) is 3. The van der Waals surface area contributed by atoms with Crippen molar-refractivity contribution in [3.05, 3.63) is 41.7 Å². The number of rotatable bonds is 18. The monoisotopic (exact) mass is 1130 g/mol. The van der Waals surface area contributed by atoms with E-state index in [1.807, 2.05) is 24.3 Å². The van der Waals surface area contributed by atoms with E-state index in [2.05, 4.69) is 46.7 Å². The van der Waals surface area contributed by atoms with Crippen LogP contribution in [-0.4, -0.2) is 245 Å². The maximum Gasteiger partial charge on any atom is 0.339 e. The van der Waals surface area contributed by atoms with Gasteiger partial charge in [0.25, 0.3) is 5.91 Å². The maximum atomic E-state index is 12.7. The van der Waals surface area contributed by atoms with Gasteiger partial charge in [0, 0.05) is 62.4 Å². The van der Waals surface area contributed by atoms with Crippen molar-refractivity contribution < 1.29 is 111 Å². The number of amides is 1. The number of benzene rings is 1. The number of esters is 2. The van der Waals surface area contributed by atoms with Gasteiger partial charge in [0.15, 0.2) is 50.1 Å². The first kappa shape index (κ1) is 64.6. The van der Waals surface area contributed by atoms with Crippen molar-refractivity contribution in [2.75, 3.05) is 69.1 Å². The van der Waals surface area contributed by atoms with Crippen molar-refractivity contribution in [3.8, 4) is 17.2 Å². The summed E-state index contributed by atoms with van der Waals surface area (Å²) in [6.07, 6.45) is -11.7. The number of ether oxygens (including phenoxy) is 14. The Labute approximate surface area is 453 Å². The Morgan fingerprint density at radius 2 is 1.19 bits per heavy atom. The van der Waals surface area contributed by atoms with Gasteiger partial charge < -0.3 is 102 Å². The number of carbonyl (C=O) groups excluding carboxylic acids is 3. The lowest BCUT2D eigenvalue weighted by molar-refractivity contribution is -0.292. The molecule has 440 valence electrons. The summed E-state index contributed by atoms with van der Waals surface area (Å²) in [4.78, 5) is 36.9. The molecule has 0 bridgehead atoms. The average Bonchev–Trinajstić information content (AvgIpc) is 4.16. The third kappa shape index (κ3) is 17.9. The first-order valence-electron chi connectivity index (χ1n) is 25.5.